The van der Waals surface area contributed by atoms with Crippen LogP contribution < -0.4 is 4.90 Å². The van der Waals surface area contributed by atoms with E-state index in [0.29, 0.717) is 18.1 Å². The molecule has 1 aromatic heterocycles. The van der Waals surface area contributed by atoms with Crippen molar-refractivity contribution < 1.29 is 0 Å². The van der Waals surface area contributed by atoms with Gasteiger partial charge in [-0.15, -0.1) is 0 Å². The van der Waals surface area contributed by atoms with Crippen LogP contribution in [0, 0.1) is 18.3 Å². The van der Waals surface area contributed by atoms with E-state index in [-0.39, 0.29) is 11.5 Å². The maximum Gasteiger partial charge on any atom is 0.137 e. The number of nitriles is 1. The number of aromatic nitrogens is 2. The van der Waals surface area contributed by atoms with Crippen LogP contribution in [0.25, 0.3) is 0 Å². The summed E-state index contributed by atoms with van der Waals surface area (Å²) < 4.78 is 0. The molecule has 5 heteroatoms. The molecule has 0 aliphatic rings. The Balaban J connectivity index is 3.33. The second kappa shape index (κ2) is 6.41. The topological polar surface area (TPSA) is 52.8 Å². The minimum absolute atomic E-state index is 0.163. The smallest absolute Gasteiger partial charge is 0.137 e. The van der Waals surface area contributed by atoms with E-state index in [1.807, 2.05) is 6.92 Å². The van der Waals surface area contributed by atoms with Gasteiger partial charge in [0, 0.05) is 23.6 Å². The number of halogens is 1. The van der Waals surface area contributed by atoms with Gasteiger partial charge in [-0.3, -0.25) is 0 Å². The summed E-state index contributed by atoms with van der Waals surface area (Å²) in [5.74, 6) is 1.56. The van der Waals surface area contributed by atoms with Crippen molar-refractivity contribution in [2.45, 2.75) is 59.4 Å². The van der Waals surface area contributed by atoms with E-state index in [0.717, 1.165) is 17.2 Å². The van der Waals surface area contributed by atoms with Crippen LogP contribution in [0.2, 0.25) is 5.15 Å². The Morgan fingerprint density at radius 3 is 2.35 bits per heavy atom. The van der Waals surface area contributed by atoms with Crippen LogP contribution >= 0.6 is 11.6 Å². The average Bonchev–Trinajstić information content (AvgIpc) is 2.32. The van der Waals surface area contributed by atoms with Crippen LogP contribution in [-0.4, -0.2) is 22.6 Å². The highest BCUT2D eigenvalue weighted by Crippen LogP contribution is 2.29. The maximum atomic E-state index is 8.82. The van der Waals surface area contributed by atoms with Gasteiger partial charge >= 0.3 is 0 Å². The SMILES string of the molecule is Cc1c(Cl)nc(C(C)(C)C)nc1N(CCC#N)C(C)C. The van der Waals surface area contributed by atoms with Crippen LogP contribution in [0.3, 0.4) is 0 Å². The lowest BCUT2D eigenvalue weighted by Crippen LogP contribution is -2.34. The fraction of sp³-hybridized carbons (Fsp3) is 0.667. The molecule has 0 radical (unpaired) electrons. The first kappa shape index (κ1) is 16.7. The Kier molecular flexibility index (Phi) is 5.35. The molecule has 0 aliphatic carbocycles. The molecular weight excluding hydrogens is 272 g/mol. The van der Waals surface area contributed by atoms with E-state index in [9.17, 15) is 0 Å². The zero-order valence-corrected chi connectivity index (χ0v) is 13.9. The Bertz CT molecular complexity index is 512. The van der Waals surface area contributed by atoms with E-state index in [1.54, 1.807) is 0 Å². The van der Waals surface area contributed by atoms with Gasteiger partial charge in [0.2, 0.25) is 0 Å². The largest absolute Gasteiger partial charge is 0.353 e. The Labute approximate surface area is 126 Å². The molecule has 110 valence electrons. The van der Waals surface area contributed by atoms with E-state index in [4.69, 9.17) is 21.8 Å². The van der Waals surface area contributed by atoms with Crippen molar-refractivity contribution in [3.05, 3.63) is 16.5 Å². The van der Waals surface area contributed by atoms with Crippen molar-refractivity contribution in [1.29, 1.82) is 5.26 Å². The summed E-state index contributed by atoms with van der Waals surface area (Å²) in [6.45, 7) is 12.9. The molecular formula is C15H23ClN4. The maximum absolute atomic E-state index is 8.82. The average molecular weight is 295 g/mol. The summed E-state index contributed by atoms with van der Waals surface area (Å²) in [7, 11) is 0. The normalized spacial score (nSPS) is 11.6. The van der Waals surface area contributed by atoms with Crippen LogP contribution in [0.5, 0.6) is 0 Å². The number of hydrogen-bond donors (Lipinski definition) is 0. The number of rotatable bonds is 4. The monoisotopic (exact) mass is 294 g/mol. The van der Waals surface area contributed by atoms with Crippen LogP contribution in [-0.2, 0) is 5.41 Å². The van der Waals surface area contributed by atoms with E-state index < -0.39 is 0 Å². The first-order chi connectivity index (χ1) is 9.18. The van der Waals surface area contributed by atoms with Crippen LogP contribution in [0.4, 0.5) is 5.82 Å². The first-order valence-electron chi connectivity index (χ1n) is 6.86. The fourth-order valence-corrected chi connectivity index (χ4v) is 2.04. The summed E-state index contributed by atoms with van der Waals surface area (Å²) in [6.07, 6.45) is 0.462. The van der Waals surface area contributed by atoms with E-state index in [2.05, 4.69) is 50.6 Å². The summed E-state index contributed by atoms with van der Waals surface area (Å²) in [5.41, 5.74) is 0.704. The first-order valence-corrected chi connectivity index (χ1v) is 7.24. The zero-order chi connectivity index (χ0) is 15.5. The van der Waals surface area contributed by atoms with Crippen molar-refractivity contribution in [1.82, 2.24) is 9.97 Å². The molecule has 1 aromatic rings. The summed E-state index contributed by atoms with van der Waals surface area (Å²) in [6, 6.07) is 2.43. The molecule has 0 aliphatic heterocycles. The third-order valence-corrected chi connectivity index (χ3v) is 3.46. The lowest BCUT2D eigenvalue weighted by molar-refractivity contribution is 0.541. The Morgan fingerprint density at radius 1 is 1.30 bits per heavy atom. The highest BCUT2D eigenvalue weighted by atomic mass is 35.5. The second-order valence-corrected chi connectivity index (χ2v) is 6.59. The van der Waals surface area contributed by atoms with Crippen molar-refractivity contribution in [2.75, 3.05) is 11.4 Å². The van der Waals surface area contributed by atoms with Gasteiger partial charge in [0.15, 0.2) is 0 Å². The summed E-state index contributed by atoms with van der Waals surface area (Å²) in [4.78, 5) is 11.2. The molecule has 20 heavy (non-hydrogen) atoms. The van der Waals surface area contributed by atoms with Gasteiger partial charge in [-0.05, 0) is 20.8 Å². The number of anilines is 1. The molecule has 0 spiro atoms. The number of nitrogens with zero attached hydrogens (tertiary/aromatic N) is 4. The predicted octanol–water partition coefficient (Wildman–Crippen LogP) is 3.86. The van der Waals surface area contributed by atoms with Gasteiger partial charge in [-0.25, -0.2) is 9.97 Å². The van der Waals surface area contributed by atoms with Crippen molar-refractivity contribution in [3.63, 3.8) is 0 Å². The molecule has 1 rings (SSSR count). The number of hydrogen-bond acceptors (Lipinski definition) is 4. The minimum atomic E-state index is -0.163. The zero-order valence-electron chi connectivity index (χ0n) is 13.2. The van der Waals surface area contributed by atoms with Gasteiger partial charge in [0.25, 0.3) is 0 Å². The molecule has 1 heterocycles. The molecule has 0 bridgehead atoms. The van der Waals surface area contributed by atoms with Crippen molar-refractivity contribution in [2.24, 2.45) is 0 Å². The third-order valence-electron chi connectivity index (χ3n) is 3.09. The highest BCUT2D eigenvalue weighted by molar-refractivity contribution is 6.30. The third kappa shape index (κ3) is 3.83. The molecule has 0 unspecified atom stereocenters. The standard InChI is InChI=1S/C15H23ClN4/c1-10(2)20(9-7-8-17)13-11(3)12(16)18-14(19-13)15(4,5)6/h10H,7,9H2,1-6H3. The summed E-state index contributed by atoms with van der Waals surface area (Å²) >= 11 is 6.27. The minimum Gasteiger partial charge on any atom is -0.353 e. The van der Waals surface area contributed by atoms with Gasteiger partial charge < -0.3 is 4.90 Å². The van der Waals surface area contributed by atoms with Gasteiger partial charge in [-0.1, -0.05) is 32.4 Å². The summed E-state index contributed by atoms with van der Waals surface area (Å²) in [5, 5.41) is 9.30. The Hall–Kier alpha value is -1.34. The molecule has 0 amide bonds. The van der Waals surface area contributed by atoms with Gasteiger partial charge in [0.05, 0.1) is 12.5 Å². The fourth-order valence-electron chi connectivity index (χ4n) is 1.87. The molecule has 0 saturated heterocycles. The van der Waals surface area contributed by atoms with Crippen molar-refractivity contribution >= 4 is 17.4 Å². The van der Waals surface area contributed by atoms with Crippen LogP contribution in [0.15, 0.2) is 0 Å². The van der Waals surface area contributed by atoms with Crippen molar-refractivity contribution in [3.8, 4) is 6.07 Å². The molecule has 0 saturated carbocycles. The van der Waals surface area contributed by atoms with Crippen LogP contribution in [0.1, 0.15) is 52.4 Å². The quantitative estimate of drug-likeness (QED) is 0.791. The van der Waals surface area contributed by atoms with E-state index >= 15 is 0 Å². The molecule has 0 atom stereocenters. The second-order valence-electron chi connectivity index (χ2n) is 6.23. The lowest BCUT2D eigenvalue weighted by Gasteiger charge is -2.30. The molecule has 0 fully saturated rings. The lowest BCUT2D eigenvalue weighted by atomic mass is 9.95. The Morgan fingerprint density at radius 2 is 1.90 bits per heavy atom. The molecule has 4 nitrogen and oxygen atoms in total. The van der Waals surface area contributed by atoms with Gasteiger partial charge in [0.1, 0.15) is 16.8 Å². The predicted molar refractivity (Wildman–Crippen MR) is 83.2 cm³/mol. The highest BCUT2D eigenvalue weighted by Gasteiger charge is 2.23. The van der Waals surface area contributed by atoms with Gasteiger partial charge in [-0.2, -0.15) is 5.26 Å². The van der Waals surface area contributed by atoms with E-state index in [1.165, 1.54) is 0 Å². The molecule has 0 aromatic carbocycles. The molecule has 0 N–H and O–H groups in total.